The minimum absolute atomic E-state index is 0. The molecule has 5 atom stereocenters. The first-order chi connectivity index (χ1) is 16.5. The van der Waals surface area contributed by atoms with Crippen LogP contribution in [0.3, 0.4) is 0 Å². The Morgan fingerprint density at radius 3 is 2.11 bits per heavy atom. The minimum Gasteiger partial charge on any atom is -0.344 e. The Hall–Kier alpha value is -2.45. The quantitative estimate of drug-likeness (QED) is 0.463. The lowest BCUT2D eigenvalue weighted by molar-refractivity contribution is -0.148. The van der Waals surface area contributed by atoms with Gasteiger partial charge in [-0.3, -0.25) is 24.0 Å². The predicted molar refractivity (Wildman–Crippen MR) is 140 cm³/mol. The van der Waals surface area contributed by atoms with Crippen LogP contribution in [0.2, 0.25) is 0 Å². The third-order valence-electron chi connectivity index (χ3n) is 8.20. The summed E-state index contributed by atoms with van der Waals surface area (Å²) in [7, 11) is 3.03. The topological polar surface area (TPSA) is 116 Å². The number of ketones is 1. The number of nitrogens with zero attached hydrogens (tertiary/aromatic N) is 2. The smallest absolute Gasteiger partial charge is 0.291 e. The van der Waals surface area contributed by atoms with E-state index >= 15 is 0 Å². The lowest BCUT2D eigenvalue weighted by Crippen LogP contribution is -2.60. The van der Waals surface area contributed by atoms with Gasteiger partial charge in [-0.1, -0.05) is 61.3 Å². The molecular weight excluding hydrogens is 460 g/mol. The van der Waals surface area contributed by atoms with Crippen molar-refractivity contribution in [3.05, 3.63) is 0 Å². The minimum atomic E-state index is -0.906. The summed E-state index contributed by atoms with van der Waals surface area (Å²) in [6, 6.07) is -2.44. The summed E-state index contributed by atoms with van der Waals surface area (Å²) in [4.78, 5) is 68.3. The molecule has 2 aliphatic carbocycles. The standard InChI is InChI=1S/C27H44N4O5.2H2/c1-14(2)22(33)29-21(26(3,4)5)25(36)31-13-16-18(27(16,6)7)19(31)23(34)28-17(12-15-10-11-15)20(32)24(35)30(8)9;;/h14-19,21H,10-13H2,1-9H3,(H,28,34)(H,29,33);2*1H/t16-,17?,18-,19-,21+;;/m0../s1. The van der Waals surface area contributed by atoms with Crippen LogP contribution in [0.1, 0.15) is 70.6 Å². The number of piperidine rings is 1. The molecular formula is C27H48N4O5. The molecule has 1 heterocycles. The van der Waals surface area contributed by atoms with E-state index in [4.69, 9.17) is 0 Å². The number of carbonyl (C=O) groups excluding carboxylic acids is 5. The fourth-order valence-electron chi connectivity index (χ4n) is 5.48. The van der Waals surface area contributed by atoms with Crippen molar-refractivity contribution in [1.29, 1.82) is 0 Å². The first-order valence-corrected chi connectivity index (χ1v) is 13.1. The van der Waals surface area contributed by atoms with E-state index in [1.165, 1.54) is 19.0 Å². The molecule has 0 aromatic carbocycles. The number of hydrogen-bond acceptors (Lipinski definition) is 5. The maximum absolute atomic E-state index is 13.9. The van der Waals surface area contributed by atoms with E-state index in [0.717, 1.165) is 12.8 Å². The molecule has 0 aromatic heterocycles. The molecule has 1 saturated heterocycles. The second kappa shape index (κ2) is 9.78. The number of nitrogens with one attached hydrogen (secondary N) is 2. The molecule has 9 heteroatoms. The summed E-state index contributed by atoms with van der Waals surface area (Å²) in [5.41, 5.74) is -0.666. The highest BCUT2D eigenvalue weighted by molar-refractivity contribution is 6.38. The molecule has 3 aliphatic rings. The van der Waals surface area contributed by atoms with E-state index < -0.39 is 41.1 Å². The average Bonchev–Trinajstić information content (AvgIpc) is 3.61. The number of likely N-dealkylation sites (tertiary alicyclic amines) is 1. The molecule has 3 fully saturated rings. The molecule has 0 aromatic rings. The zero-order chi connectivity index (χ0) is 27.3. The van der Waals surface area contributed by atoms with Gasteiger partial charge in [0.2, 0.25) is 23.5 Å². The molecule has 206 valence electrons. The number of fused-ring (bicyclic) bond motifs is 1. The van der Waals surface area contributed by atoms with Crippen LogP contribution in [0.5, 0.6) is 0 Å². The highest BCUT2D eigenvalue weighted by Gasteiger charge is 2.70. The molecule has 0 radical (unpaired) electrons. The molecule has 1 unspecified atom stereocenters. The number of hydrogen-bond donors (Lipinski definition) is 2. The molecule has 3 rings (SSSR count). The van der Waals surface area contributed by atoms with E-state index in [-0.39, 0.29) is 37.8 Å². The maximum Gasteiger partial charge on any atom is 0.291 e. The Morgan fingerprint density at radius 2 is 1.64 bits per heavy atom. The predicted octanol–water partition coefficient (Wildman–Crippen LogP) is 2.09. The SMILES string of the molecule is CC(C)C(=O)N[C@H](C(=O)N1C[C@H]2[C@@H]([C@H]1C(=O)NC(CC1CC1)C(=O)C(=O)N(C)C)C2(C)C)C(C)(C)C.[HH].[HH]. The lowest BCUT2D eigenvalue weighted by Gasteiger charge is -2.38. The fourth-order valence-corrected chi connectivity index (χ4v) is 5.48. The molecule has 4 amide bonds. The summed E-state index contributed by atoms with van der Waals surface area (Å²) in [5.74, 6) is -2.00. The Morgan fingerprint density at radius 1 is 1.06 bits per heavy atom. The third-order valence-corrected chi connectivity index (χ3v) is 8.20. The second-order valence-electron chi connectivity index (χ2n) is 13.2. The van der Waals surface area contributed by atoms with Gasteiger partial charge in [0.15, 0.2) is 0 Å². The normalized spacial score (nSPS) is 26.1. The molecule has 0 bridgehead atoms. The number of rotatable bonds is 9. The van der Waals surface area contributed by atoms with E-state index in [1.807, 2.05) is 20.8 Å². The van der Waals surface area contributed by atoms with Gasteiger partial charge in [0.25, 0.3) is 5.91 Å². The average molecular weight is 509 g/mol. The van der Waals surface area contributed by atoms with Gasteiger partial charge in [0.1, 0.15) is 12.1 Å². The molecule has 2 saturated carbocycles. The second-order valence-corrected chi connectivity index (χ2v) is 13.2. The highest BCUT2D eigenvalue weighted by Crippen LogP contribution is 2.65. The summed E-state index contributed by atoms with van der Waals surface area (Å²) in [6.45, 7) is 13.8. The van der Waals surface area contributed by atoms with Crippen LogP contribution < -0.4 is 10.6 Å². The maximum atomic E-state index is 13.9. The van der Waals surface area contributed by atoms with Crippen LogP contribution in [0, 0.1) is 34.5 Å². The number of carbonyl (C=O) groups is 5. The number of Topliss-reactive ketones (excluding diaryl/α,β-unsaturated/α-hetero) is 1. The molecule has 1 aliphatic heterocycles. The van der Waals surface area contributed by atoms with Crippen LogP contribution >= 0.6 is 0 Å². The third kappa shape index (κ3) is 5.59. The van der Waals surface area contributed by atoms with E-state index in [2.05, 4.69) is 24.5 Å². The van der Waals surface area contributed by atoms with Crippen LogP contribution in [-0.2, 0) is 24.0 Å². The molecule has 36 heavy (non-hydrogen) atoms. The highest BCUT2D eigenvalue weighted by atomic mass is 16.2. The Kier molecular flexibility index (Phi) is 7.64. The van der Waals surface area contributed by atoms with E-state index in [9.17, 15) is 24.0 Å². The largest absolute Gasteiger partial charge is 0.344 e. The summed E-state index contributed by atoms with van der Waals surface area (Å²) in [5, 5.41) is 5.76. The zero-order valence-corrected chi connectivity index (χ0v) is 23.3. The van der Waals surface area contributed by atoms with Gasteiger partial charge in [-0.2, -0.15) is 0 Å². The molecule has 9 nitrogen and oxygen atoms in total. The summed E-state index contributed by atoms with van der Waals surface area (Å²) >= 11 is 0. The van der Waals surface area contributed by atoms with Crippen molar-refractivity contribution in [3.63, 3.8) is 0 Å². The van der Waals surface area contributed by atoms with E-state index in [0.29, 0.717) is 18.9 Å². The number of amides is 4. The van der Waals surface area contributed by atoms with Crippen molar-refractivity contribution in [3.8, 4) is 0 Å². The number of likely N-dealkylation sites (N-methyl/N-ethyl adjacent to an activating group) is 1. The van der Waals surface area contributed by atoms with Crippen molar-refractivity contribution in [1.82, 2.24) is 20.4 Å². The van der Waals surface area contributed by atoms with Gasteiger partial charge < -0.3 is 20.4 Å². The first-order valence-electron chi connectivity index (χ1n) is 13.1. The van der Waals surface area contributed by atoms with Crippen molar-refractivity contribution in [2.75, 3.05) is 20.6 Å². The Labute approximate surface area is 218 Å². The van der Waals surface area contributed by atoms with Crippen LogP contribution in [0.25, 0.3) is 0 Å². The molecule has 0 spiro atoms. The van der Waals surface area contributed by atoms with Crippen molar-refractivity contribution >= 4 is 29.4 Å². The summed E-state index contributed by atoms with van der Waals surface area (Å²) < 4.78 is 0. The monoisotopic (exact) mass is 508 g/mol. The van der Waals surface area contributed by atoms with Gasteiger partial charge in [-0.15, -0.1) is 0 Å². The summed E-state index contributed by atoms with van der Waals surface area (Å²) in [6.07, 6.45) is 2.38. The van der Waals surface area contributed by atoms with E-state index in [1.54, 1.807) is 18.7 Å². The zero-order valence-electron chi connectivity index (χ0n) is 23.3. The van der Waals surface area contributed by atoms with Crippen LogP contribution in [0.4, 0.5) is 0 Å². The van der Waals surface area contributed by atoms with Gasteiger partial charge in [-0.05, 0) is 35.0 Å². The van der Waals surface area contributed by atoms with Crippen molar-refractivity contribution in [2.45, 2.75) is 85.9 Å². The van der Waals surface area contributed by atoms with Gasteiger partial charge in [0.05, 0.1) is 6.04 Å². The Bertz CT molecular complexity index is 942. The first kappa shape index (κ1) is 28.1. The van der Waals surface area contributed by atoms with Crippen molar-refractivity contribution < 1.29 is 26.8 Å². The van der Waals surface area contributed by atoms with Gasteiger partial charge >= 0.3 is 0 Å². The fraction of sp³-hybridized carbons (Fsp3) is 0.815. The van der Waals surface area contributed by atoms with Crippen LogP contribution in [0.15, 0.2) is 0 Å². The Balaban J connectivity index is 0.00000361. The van der Waals surface area contributed by atoms with Gasteiger partial charge in [-0.25, -0.2) is 0 Å². The van der Waals surface area contributed by atoms with Gasteiger partial charge in [0, 0.05) is 29.4 Å². The lowest BCUT2D eigenvalue weighted by atomic mass is 9.84. The molecule has 2 N–H and O–H groups in total. The van der Waals surface area contributed by atoms with Crippen LogP contribution in [-0.4, -0.2) is 78.0 Å². The van der Waals surface area contributed by atoms with Crippen molar-refractivity contribution in [2.24, 2.45) is 34.5 Å².